The molecule has 2 aromatic rings. The molecular formula is C20H27N5O. The number of ether oxygens (including phenoxy) is 1. The van der Waals surface area contributed by atoms with Crippen molar-refractivity contribution in [1.82, 2.24) is 19.9 Å². The first kappa shape index (κ1) is 17.4. The van der Waals surface area contributed by atoms with E-state index in [1.807, 2.05) is 18.5 Å². The van der Waals surface area contributed by atoms with Gasteiger partial charge in [-0.25, -0.2) is 9.97 Å². The lowest BCUT2D eigenvalue weighted by atomic mass is 10.1. The first-order chi connectivity index (χ1) is 12.9. The van der Waals surface area contributed by atoms with Crippen LogP contribution in [0.25, 0.3) is 0 Å². The predicted molar refractivity (Wildman–Crippen MR) is 101 cm³/mol. The van der Waals surface area contributed by atoms with Gasteiger partial charge in [0.25, 0.3) is 0 Å². The Morgan fingerprint density at radius 1 is 1.15 bits per heavy atom. The van der Waals surface area contributed by atoms with Gasteiger partial charge in [0.1, 0.15) is 12.1 Å². The molecule has 0 saturated carbocycles. The SMILES string of the molecule is c1cncc(CCNc2ncnc3c2CCN(C2CCOCC2)CC3)c1. The maximum Gasteiger partial charge on any atom is 0.132 e. The number of nitrogens with zero attached hydrogens (tertiary/aromatic N) is 4. The minimum absolute atomic E-state index is 0.660. The third kappa shape index (κ3) is 4.19. The quantitative estimate of drug-likeness (QED) is 0.888. The van der Waals surface area contributed by atoms with E-state index in [1.54, 1.807) is 6.33 Å². The van der Waals surface area contributed by atoms with Crippen LogP contribution < -0.4 is 5.32 Å². The van der Waals surface area contributed by atoms with Crippen LogP contribution >= 0.6 is 0 Å². The van der Waals surface area contributed by atoms with E-state index in [9.17, 15) is 0 Å². The van der Waals surface area contributed by atoms with Gasteiger partial charge in [-0.2, -0.15) is 0 Å². The van der Waals surface area contributed by atoms with Crippen molar-refractivity contribution >= 4 is 5.82 Å². The number of aromatic nitrogens is 3. The number of nitrogens with one attached hydrogen (secondary N) is 1. The molecule has 2 aliphatic rings. The monoisotopic (exact) mass is 353 g/mol. The topological polar surface area (TPSA) is 63.2 Å². The molecule has 0 unspecified atom stereocenters. The molecule has 6 nitrogen and oxygen atoms in total. The van der Waals surface area contributed by atoms with Gasteiger partial charge in [-0.3, -0.25) is 9.88 Å². The summed E-state index contributed by atoms with van der Waals surface area (Å²) in [5.74, 6) is 1.01. The second-order valence-corrected chi connectivity index (χ2v) is 7.07. The summed E-state index contributed by atoms with van der Waals surface area (Å²) in [6.07, 6.45) is 10.7. The maximum atomic E-state index is 5.52. The van der Waals surface area contributed by atoms with E-state index in [0.29, 0.717) is 6.04 Å². The Hall–Kier alpha value is -2.05. The Kier molecular flexibility index (Phi) is 5.72. The Balaban J connectivity index is 1.39. The number of rotatable bonds is 5. The molecule has 0 bridgehead atoms. The molecule has 1 N–H and O–H groups in total. The molecule has 26 heavy (non-hydrogen) atoms. The van der Waals surface area contributed by atoms with Crippen LogP contribution in [0.15, 0.2) is 30.9 Å². The Morgan fingerprint density at radius 2 is 2.04 bits per heavy atom. The molecule has 0 aliphatic carbocycles. The van der Waals surface area contributed by atoms with Gasteiger partial charge in [0.2, 0.25) is 0 Å². The Bertz CT molecular complexity index is 703. The third-order valence-corrected chi connectivity index (χ3v) is 5.46. The summed E-state index contributed by atoms with van der Waals surface area (Å²) in [6.45, 7) is 4.83. The number of fused-ring (bicyclic) bond motifs is 1. The number of hydrogen-bond acceptors (Lipinski definition) is 6. The van der Waals surface area contributed by atoms with E-state index in [2.05, 4.69) is 31.2 Å². The van der Waals surface area contributed by atoms with Gasteiger partial charge in [-0.05, 0) is 37.3 Å². The van der Waals surface area contributed by atoms with Crippen molar-refractivity contribution in [2.24, 2.45) is 0 Å². The lowest BCUT2D eigenvalue weighted by Crippen LogP contribution is -2.40. The van der Waals surface area contributed by atoms with Gasteiger partial charge in [0, 0.05) is 63.3 Å². The molecule has 1 fully saturated rings. The minimum Gasteiger partial charge on any atom is -0.381 e. The average Bonchev–Trinajstić information content (AvgIpc) is 2.93. The molecule has 2 aromatic heterocycles. The first-order valence-electron chi connectivity index (χ1n) is 9.67. The lowest BCUT2D eigenvalue weighted by Gasteiger charge is -2.33. The zero-order valence-corrected chi connectivity index (χ0v) is 15.2. The normalized spacial score (nSPS) is 18.9. The van der Waals surface area contributed by atoms with Crippen LogP contribution in [0.5, 0.6) is 0 Å². The van der Waals surface area contributed by atoms with Crippen LogP contribution in [0.3, 0.4) is 0 Å². The van der Waals surface area contributed by atoms with E-state index in [4.69, 9.17) is 4.74 Å². The van der Waals surface area contributed by atoms with Crippen molar-refractivity contribution < 1.29 is 4.74 Å². The molecule has 0 aromatic carbocycles. The van der Waals surface area contributed by atoms with Crippen LogP contribution in [0.2, 0.25) is 0 Å². The van der Waals surface area contributed by atoms with Crippen LogP contribution in [0.4, 0.5) is 5.82 Å². The van der Waals surface area contributed by atoms with Gasteiger partial charge in [-0.15, -0.1) is 0 Å². The van der Waals surface area contributed by atoms with Crippen molar-refractivity contribution in [3.63, 3.8) is 0 Å². The summed E-state index contributed by atoms with van der Waals surface area (Å²) in [6, 6.07) is 4.76. The fraction of sp³-hybridized carbons (Fsp3) is 0.550. The van der Waals surface area contributed by atoms with Gasteiger partial charge in [-0.1, -0.05) is 6.07 Å². The molecule has 4 rings (SSSR count). The molecule has 2 aliphatic heterocycles. The van der Waals surface area contributed by atoms with Gasteiger partial charge in [0.15, 0.2) is 0 Å². The zero-order valence-electron chi connectivity index (χ0n) is 15.2. The number of anilines is 1. The van der Waals surface area contributed by atoms with Crippen LogP contribution in [-0.4, -0.2) is 58.7 Å². The van der Waals surface area contributed by atoms with E-state index in [1.165, 1.54) is 16.8 Å². The van der Waals surface area contributed by atoms with Crippen molar-refractivity contribution in [2.45, 2.75) is 38.1 Å². The molecule has 0 amide bonds. The van der Waals surface area contributed by atoms with E-state index in [-0.39, 0.29) is 0 Å². The summed E-state index contributed by atoms with van der Waals surface area (Å²) >= 11 is 0. The predicted octanol–water partition coefficient (Wildman–Crippen LogP) is 2.11. The van der Waals surface area contributed by atoms with E-state index >= 15 is 0 Å². The Labute approximate surface area is 155 Å². The van der Waals surface area contributed by atoms with Gasteiger partial charge in [0.05, 0.1) is 5.69 Å². The highest BCUT2D eigenvalue weighted by molar-refractivity contribution is 5.46. The van der Waals surface area contributed by atoms with Gasteiger partial charge < -0.3 is 10.1 Å². The second kappa shape index (κ2) is 8.56. The van der Waals surface area contributed by atoms with Crippen molar-refractivity contribution in [1.29, 1.82) is 0 Å². The fourth-order valence-electron chi connectivity index (χ4n) is 3.98. The largest absolute Gasteiger partial charge is 0.381 e. The summed E-state index contributed by atoms with van der Waals surface area (Å²) < 4.78 is 5.52. The van der Waals surface area contributed by atoms with Crippen molar-refractivity contribution in [2.75, 3.05) is 38.2 Å². The standard InChI is InChI=1S/C20H27N5O/c1-2-16(14-21-8-1)3-9-22-20-18-4-10-25(17-6-12-26-13-7-17)11-5-19(18)23-15-24-20/h1-2,8,14-15,17H,3-7,9-13H2,(H,22,23,24). The summed E-state index contributed by atoms with van der Waals surface area (Å²) in [5.41, 5.74) is 3.75. The summed E-state index contributed by atoms with van der Waals surface area (Å²) in [7, 11) is 0. The number of pyridine rings is 1. The molecular weight excluding hydrogens is 326 g/mol. The van der Waals surface area contributed by atoms with Gasteiger partial charge >= 0.3 is 0 Å². The highest BCUT2D eigenvalue weighted by atomic mass is 16.5. The van der Waals surface area contributed by atoms with Crippen LogP contribution in [0, 0.1) is 0 Å². The van der Waals surface area contributed by atoms with E-state index < -0.39 is 0 Å². The lowest BCUT2D eigenvalue weighted by molar-refractivity contribution is 0.0355. The first-order valence-corrected chi connectivity index (χ1v) is 9.67. The molecule has 0 atom stereocenters. The molecule has 0 spiro atoms. The summed E-state index contributed by atoms with van der Waals surface area (Å²) in [5, 5.41) is 3.53. The smallest absolute Gasteiger partial charge is 0.132 e. The molecule has 4 heterocycles. The average molecular weight is 353 g/mol. The highest BCUT2D eigenvalue weighted by Crippen LogP contribution is 2.23. The zero-order chi connectivity index (χ0) is 17.6. The third-order valence-electron chi connectivity index (χ3n) is 5.46. The molecule has 6 heteroatoms. The summed E-state index contributed by atoms with van der Waals surface area (Å²) in [4.78, 5) is 15.9. The van der Waals surface area contributed by atoms with Crippen LogP contribution in [0.1, 0.15) is 29.7 Å². The Morgan fingerprint density at radius 3 is 2.88 bits per heavy atom. The van der Waals surface area contributed by atoms with Crippen molar-refractivity contribution in [3.05, 3.63) is 47.7 Å². The molecule has 0 radical (unpaired) electrons. The molecule has 138 valence electrons. The minimum atomic E-state index is 0.660. The van der Waals surface area contributed by atoms with Crippen LogP contribution in [-0.2, 0) is 24.0 Å². The van der Waals surface area contributed by atoms with E-state index in [0.717, 1.165) is 70.8 Å². The highest BCUT2D eigenvalue weighted by Gasteiger charge is 2.25. The fourth-order valence-corrected chi connectivity index (χ4v) is 3.98. The van der Waals surface area contributed by atoms with Crippen molar-refractivity contribution in [3.8, 4) is 0 Å². The second-order valence-electron chi connectivity index (χ2n) is 7.07. The molecule has 1 saturated heterocycles. The number of hydrogen-bond donors (Lipinski definition) is 1. The maximum absolute atomic E-state index is 5.52.